The van der Waals surface area contributed by atoms with Crippen molar-refractivity contribution in [3.05, 3.63) is 75.1 Å². The summed E-state index contributed by atoms with van der Waals surface area (Å²) in [4.78, 5) is 28.9. The van der Waals surface area contributed by atoms with Gasteiger partial charge in [0.05, 0.1) is 5.56 Å². The maximum Gasteiger partial charge on any atom is 0.416 e. The SMILES string of the molecule is COS(C)(CCN1CCN(C(=O)OCc2cc(Cl)cc(C(F)(F)F)c2)CC1)c1ccc2ccc(=O)oc2c1. The molecule has 2 aromatic carbocycles. The van der Waals surface area contributed by atoms with Crippen LogP contribution in [-0.2, 0) is 21.7 Å². The predicted molar refractivity (Wildman–Crippen MR) is 141 cm³/mol. The van der Waals surface area contributed by atoms with Gasteiger partial charge in [0.15, 0.2) is 0 Å². The Bertz CT molecular complexity index is 1360. The van der Waals surface area contributed by atoms with Crippen LogP contribution in [0.3, 0.4) is 0 Å². The van der Waals surface area contributed by atoms with Gasteiger partial charge in [-0.1, -0.05) is 17.7 Å². The van der Waals surface area contributed by atoms with Gasteiger partial charge < -0.3 is 18.2 Å². The summed E-state index contributed by atoms with van der Waals surface area (Å²) < 4.78 is 55.5. The molecule has 0 spiro atoms. The Morgan fingerprint density at radius 3 is 2.47 bits per heavy atom. The molecule has 0 saturated carbocycles. The van der Waals surface area contributed by atoms with Gasteiger partial charge >= 0.3 is 17.9 Å². The summed E-state index contributed by atoms with van der Waals surface area (Å²) in [5.74, 6) is 0.743. The highest BCUT2D eigenvalue weighted by Gasteiger charge is 2.31. The summed E-state index contributed by atoms with van der Waals surface area (Å²) in [6.07, 6.45) is -3.06. The van der Waals surface area contributed by atoms with Crippen molar-refractivity contribution >= 4 is 39.0 Å². The van der Waals surface area contributed by atoms with Crippen LogP contribution in [0.5, 0.6) is 0 Å². The van der Waals surface area contributed by atoms with Gasteiger partial charge in [-0.25, -0.2) is 9.59 Å². The fourth-order valence-electron chi connectivity index (χ4n) is 4.20. The molecule has 1 amide bonds. The van der Waals surface area contributed by atoms with Crippen LogP contribution < -0.4 is 5.63 Å². The second kappa shape index (κ2) is 11.6. The highest BCUT2D eigenvalue weighted by atomic mass is 35.5. The van der Waals surface area contributed by atoms with Crippen LogP contribution in [0.2, 0.25) is 5.02 Å². The number of amides is 1. The van der Waals surface area contributed by atoms with Crippen LogP contribution in [0, 0.1) is 0 Å². The number of ether oxygens (including phenoxy) is 1. The lowest BCUT2D eigenvalue weighted by molar-refractivity contribution is -0.137. The van der Waals surface area contributed by atoms with Crippen LogP contribution >= 0.6 is 21.9 Å². The molecule has 2 heterocycles. The van der Waals surface area contributed by atoms with Crippen LogP contribution in [0.4, 0.5) is 18.0 Å². The van der Waals surface area contributed by atoms with Gasteiger partial charge in [0.25, 0.3) is 0 Å². The van der Waals surface area contributed by atoms with Crippen molar-refractivity contribution in [1.82, 2.24) is 9.80 Å². The molecule has 1 fully saturated rings. The quantitative estimate of drug-likeness (QED) is 0.335. The smallest absolute Gasteiger partial charge is 0.416 e. The lowest BCUT2D eigenvalue weighted by Crippen LogP contribution is -2.49. The maximum absolute atomic E-state index is 13.0. The van der Waals surface area contributed by atoms with Gasteiger partial charge in [0.2, 0.25) is 0 Å². The Labute approximate surface area is 224 Å². The van der Waals surface area contributed by atoms with E-state index in [0.29, 0.717) is 31.8 Å². The first-order valence-corrected chi connectivity index (χ1v) is 14.3. The van der Waals surface area contributed by atoms with Crippen molar-refractivity contribution < 1.29 is 31.3 Å². The van der Waals surface area contributed by atoms with Gasteiger partial charge in [0.1, 0.15) is 12.2 Å². The van der Waals surface area contributed by atoms with E-state index in [4.69, 9.17) is 24.9 Å². The molecule has 1 aromatic heterocycles. The van der Waals surface area contributed by atoms with Crippen LogP contribution in [0.15, 0.2) is 62.6 Å². The van der Waals surface area contributed by atoms with E-state index in [0.717, 1.165) is 34.7 Å². The third-order valence-electron chi connectivity index (χ3n) is 6.54. The molecule has 4 rings (SSSR count). The third-order valence-corrected chi connectivity index (χ3v) is 9.70. The zero-order valence-electron chi connectivity index (χ0n) is 20.9. The summed E-state index contributed by atoms with van der Waals surface area (Å²) in [6.45, 7) is 2.55. The minimum atomic E-state index is -4.54. The molecular formula is C26H28ClF3N2O5S. The summed E-state index contributed by atoms with van der Waals surface area (Å²) in [5, 5.41) is 0.767. The molecule has 0 aliphatic carbocycles. The highest BCUT2D eigenvalue weighted by molar-refractivity contribution is 8.29. The van der Waals surface area contributed by atoms with Crippen LogP contribution in [-0.4, -0.2) is 67.7 Å². The van der Waals surface area contributed by atoms with Gasteiger partial charge in [-0.15, -0.1) is 10.3 Å². The van der Waals surface area contributed by atoms with Crippen molar-refractivity contribution in [2.75, 3.05) is 51.8 Å². The van der Waals surface area contributed by atoms with Gasteiger partial charge in [0, 0.05) is 67.0 Å². The monoisotopic (exact) mass is 572 g/mol. The van der Waals surface area contributed by atoms with E-state index in [-0.39, 0.29) is 17.2 Å². The fraction of sp³-hybridized carbons (Fsp3) is 0.385. The van der Waals surface area contributed by atoms with Crippen LogP contribution in [0.25, 0.3) is 11.0 Å². The Kier molecular flexibility index (Phi) is 8.61. The molecule has 0 radical (unpaired) electrons. The molecule has 206 valence electrons. The number of fused-ring (bicyclic) bond motifs is 1. The largest absolute Gasteiger partial charge is 0.445 e. The Morgan fingerprint density at radius 1 is 1.08 bits per heavy atom. The van der Waals surface area contributed by atoms with E-state index in [1.807, 2.05) is 18.2 Å². The minimum Gasteiger partial charge on any atom is -0.445 e. The Morgan fingerprint density at radius 2 is 1.79 bits per heavy atom. The summed E-state index contributed by atoms with van der Waals surface area (Å²) in [5.41, 5.74) is -0.598. The number of halogens is 4. The van der Waals surface area contributed by atoms with Gasteiger partial charge in [-0.2, -0.15) is 13.2 Å². The maximum atomic E-state index is 13.0. The second-order valence-electron chi connectivity index (χ2n) is 9.06. The van der Waals surface area contributed by atoms with E-state index in [2.05, 4.69) is 11.2 Å². The summed E-state index contributed by atoms with van der Waals surface area (Å²) >= 11 is 5.80. The van der Waals surface area contributed by atoms with Crippen molar-refractivity contribution in [3.63, 3.8) is 0 Å². The predicted octanol–water partition coefficient (Wildman–Crippen LogP) is 5.77. The van der Waals surface area contributed by atoms with Crippen molar-refractivity contribution in [2.45, 2.75) is 17.7 Å². The molecule has 0 bridgehead atoms. The van der Waals surface area contributed by atoms with Crippen LogP contribution in [0.1, 0.15) is 11.1 Å². The van der Waals surface area contributed by atoms with Crippen molar-refractivity contribution in [2.24, 2.45) is 0 Å². The Hall–Kier alpha value is -2.73. The number of nitrogens with zero attached hydrogens (tertiary/aromatic N) is 2. The fourth-order valence-corrected chi connectivity index (χ4v) is 6.37. The van der Waals surface area contributed by atoms with E-state index in [1.165, 1.54) is 12.1 Å². The number of carbonyl (C=O) groups excluding carboxylic acids is 1. The lowest BCUT2D eigenvalue weighted by atomic mass is 10.1. The van der Waals surface area contributed by atoms with Crippen molar-refractivity contribution in [3.8, 4) is 0 Å². The molecule has 1 saturated heterocycles. The summed E-state index contributed by atoms with van der Waals surface area (Å²) in [7, 11) is 0.0269. The first-order chi connectivity index (χ1) is 18.0. The third kappa shape index (κ3) is 6.82. The highest BCUT2D eigenvalue weighted by Crippen LogP contribution is 2.53. The number of rotatable bonds is 7. The zero-order valence-corrected chi connectivity index (χ0v) is 22.5. The zero-order chi connectivity index (χ0) is 27.5. The molecule has 1 unspecified atom stereocenters. The molecule has 1 aliphatic rings. The number of piperazine rings is 1. The lowest BCUT2D eigenvalue weighted by Gasteiger charge is -2.39. The molecule has 12 heteroatoms. The number of hydrogen-bond acceptors (Lipinski definition) is 6. The number of alkyl halides is 3. The molecule has 0 N–H and O–H groups in total. The van der Waals surface area contributed by atoms with E-state index < -0.39 is 33.8 Å². The molecule has 3 aromatic rings. The Balaban J connectivity index is 1.29. The van der Waals surface area contributed by atoms with Gasteiger partial charge in [-0.05, 0) is 48.2 Å². The summed E-state index contributed by atoms with van der Waals surface area (Å²) in [6, 6.07) is 12.0. The van der Waals surface area contributed by atoms with Crippen molar-refractivity contribution in [1.29, 1.82) is 0 Å². The number of carbonyl (C=O) groups is 1. The molecular weight excluding hydrogens is 545 g/mol. The van der Waals surface area contributed by atoms with E-state index >= 15 is 0 Å². The first-order valence-electron chi connectivity index (χ1n) is 11.8. The average Bonchev–Trinajstić information content (AvgIpc) is 2.89. The molecule has 7 nitrogen and oxygen atoms in total. The molecule has 1 aliphatic heterocycles. The van der Waals surface area contributed by atoms with Gasteiger partial charge in [-0.3, -0.25) is 4.90 Å². The van der Waals surface area contributed by atoms with E-state index in [9.17, 15) is 22.8 Å². The topological polar surface area (TPSA) is 72.2 Å². The normalized spacial score (nSPS) is 17.3. The van der Waals surface area contributed by atoms with E-state index in [1.54, 1.807) is 18.1 Å². The number of hydrogen-bond donors (Lipinski definition) is 0. The first kappa shape index (κ1) is 28.3. The second-order valence-corrected chi connectivity index (χ2v) is 12.7. The molecule has 1 atom stereocenters. The minimum absolute atomic E-state index is 0.0714. The average molecular weight is 573 g/mol. The number of benzene rings is 2. The standard InChI is InChI=1S/C26H28ClF3N2O5S/c1-35-38(2,22-5-3-19-4-6-24(33)37-23(19)16-22)12-11-31-7-9-32(10-8-31)25(34)36-17-18-13-20(26(28,29)30)15-21(27)14-18/h3-6,13-16H,7-12,17H2,1-2H3. The molecule has 38 heavy (non-hydrogen) atoms.